The molecule has 3 fully saturated rings. The zero-order valence-electron chi connectivity index (χ0n) is 13.6. The molecule has 1 saturated heterocycles. The molecule has 0 radical (unpaired) electrons. The maximum absolute atomic E-state index is 13.1. The number of rotatable bonds is 2. The molecular formula is C17H24F3NO3. The van der Waals surface area contributed by atoms with Crippen LogP contribution in [-0.4, -0.2) is 41.1 Å². The minimum Gasteiger partial charge on any atom is -0.481 e. The molecule has 24 heavy (non-hydrogen) atoms. The van der Waals surface area contributed by atoms with Crippen molar-refractivity contribution in [3.05, 3.63) is 0 Å². The molecular weight excluding hydrogens is 323 g/mol. The van der Waals surface area contributed by atoms with E-state index in [9.17, 15) is 22.8 Å². The predicted molar refractivity (Wildman–Crippen MR) is 80.0 cm³/mol. The third kappa shape index (κ3) is 3.26. The van der Waals surface area contributed by atoms with Gasteiger partial charge in [-0.25, -0.2) is 0 Å². The van der Waals surface area contributed by atoms with E-state index < -0.39 is 30.5 Å². The van der Waals surface area contributed by atoms with Crippen LogP contribution in [0.25, 0.3) is 0 Å². The lowest BCUT2D eigenvalue weighted by Gasteiger charge is -2.41. The van der Waals surface area contributed by atoms with E-state index >= 15 is 0 Å². The van der Waals surface area contributed by atoms with Crippen LogP contribution in [0.4, 0.5) is 13.2 Å². The second-order valence-corrected chi connectivity index (χ2v) is 7.58. The van der Waals surface area contributed by atoms with Crippen LogP contribution < -0.4 is 0 Å². The smallest absolute Gasteiger partial charge is 0.394 e. The molecule has 0 bridgehead atoms. The summed E-state index contributed by atoms with van der Waals surface area (Å²) in [6.45, 7) is -0.820. The Labute approximate surface area is 139 Å². The van der Waals surface area contributed by atoms with Crippen LogP contribution in [0.3, 0.4) is 0 Å². The normalized spacial score (nSPS) is 37.1. The summed E-state index contributed by atoms with van der Waals surface area (Å²) in [7, 11) is 0. The van der Waals surface area contributed by atoms with E-state index in [1.165, 1.54) is 11.3 Å². The average molecular weight is 347 g/mol. The summed E-state index contributed by atoms with van der Waals surface area (Å²) in [5, 5.41) is 9.11. The molecule has 0 aromatic carbocycles. The fraction of sp³-hybridized carbons (Fsp3) is 0.882. The van der Waals surface area contributed by atoms with Crippen molar-refractivity contribution < 1.29 is 27.9 Å². The summed E-state index contributed by atoms with van der Waals surface area (Å²) in [4.78, 5) is 25.2. The molecule has 3 aliphatic rings. The number of carbonyl (C=O) groups is 2. The summed E-state index contributed by atoms with van der Waals surface area (Å²) in [6, 6.07) is 0. The number of hydrogen-bond donors (Lipinski definition) is 1. The van der Waals surface area contributed by atoms with Crippen LogP contribution in [0.5, 0.6) is 0 Å². The van der Waals surface area contributed by atoms with Crippen molar-refractivity contribution in [1.29, 1.82) is 0 Å². The van der Waals surface area contributed by atoms with E-state index in [4.69, 9.17) is 5.11 Å². The highest BCUT2D eigenvalue weighted by Crippen LogP contribution is 2.46. The van der Waals surface area contributed by atoms with E-state index in [0.29, 0.717) is 5.92 Å². The summed E-state index contributed by atoms with van der Waals surface area (Å²) in [5.41, 5.74) is 0. The molecule has 2 aliphatic carbocycles. The number of hydrogen-bond acceptors (Lipinski definition) is 2. The summed E-state index contributed by atoms with van der Waals surface area (Å²) in [5.74, 6) is -4.64. The number of fused-ring (bicyclic) bond motifs is 1. The van der Waals surface area contributed by atoms with E-state index in [1.807, 2.05) is 0 Å². The van der Waals surface area contributed by atoms with Gasteiger partial charge in [0.1, 0.15) is 0 Å². The quantitative estimate of drug-likeness (QED) is 0.834. The molecule has 1 N–H and O–H groups in total. The van der Waals surface area contributed by atoms with Crippen LogP contribution in [0, 0.1) is 29.6 Å². The maximum atomic E-state index is 13.1. The molecule has 136 valence electrons. The molecule has 3 rings (SSSR count). The van der Waals surface area contributed by atoms with Gasteiger partial charge in [-0.3, -0.25) is 9.59 Å². The lowest BCUT2D eigenvalue weighted by molar-refractivity contribution is -0.188. The lowest BCUT2D eigenvalue weighted by atomic mass is 9.65. The molecule has 5 atom stereocenters. The van der Waals surface area contributed by atoms with Crippen molar-refractivity contribution in [3.63, 3.8) is 0 Å². The Kier molecular flexibility index (Phi) is 4.80. The Morgan fingerprint density at radius 2 is 1.58 bits per heavy atom. The topological polar surface area (TPSA) is 57.6 Å². The van der Waals surface area contributed by atoms with Gasteiger partial charge < -0.3 is 10.0 Å². The molecule has 3 unspecified atom stereocenters. The summed E-state index contributed by atoms with van der Waals surface area (Å²) in [6.07, 6.45) is 2.52. The molecule has 1 amide bonds. The second kappa shape index (κ2) is 6.56. The third-order valence-corrected chi connectivity index (χ3v) is 6.26. The monoisotopic (exact) mass is 347 g/mol. The number of carboxylic acids is 1. The fourth-order valence-corrected chi connectivity index (χ4v) is 5.05. The van der Waals surface area contributed by atoms with Crippen molar-refractivity contribution in [2.75, 3.05) is 13.1 Å². The molecule has 1 heterocycles. The van der Waals surface area contributed by atoms with Crippen LogP contribution in [-0.2, 0) is 9.59 Å². The van der Waals surface area contributed by atoms with Crippen molar-refractivity contribution >= 4 is 11.9 Å². The first-order chi connectivity index (χ1) is 11.3. The first-order valence-corrected chi connectivity index (χ1v) is 8.87. The van der Waals surface area contributed by atoms with Gasteiger partial charge in [0, 0.05) is 19.0 Å². The Balaban J connectivity index is 1.74. The minimum atomic E-state index is -4.59. The second-order valence-electron chi connectivity index (χ2n) is 7.58. The lowest BCUT2D eigenvalue weighted by Crippen LogP contribution is -2.43. The fourth-order valence-electron chi connectivity index (χ4n) is 5.05. The Hall–Kier alpha value is -1.27. The van der Waals surface area contributed by atoms with E-state index in [-0.39, 0.29) is 24.3 Å². The Morgan fingerprint density at radius 1 is 0.917 bits per heavy atom. The highest BCUT2D eigenvalue weighted by molar-refractivity contribution is 5.81. The van der Waals surface area contributed by atoms with Gasteiger partial charge in [-0.05, 0) is 24.7 Å². The minimum absolute atomic E-state index is 0.217. The van der Waals surface area contributed by atoms with Crippen molar-refractivity contribution in [2.24, 2.45) is 29.6 Å². The van der Waals surface area contributed by atoms with Crippen LogP contribution in [0.1, 0.15) is 44.9 Å². The first kappa shape index (κ1) is 17.5. The SMILES string of the molecule is O=C(O)[C@@H]1CN(C(=O)C2CCCC3CCCCC32)C[C@H]1C(F)(F)F. The van der Waals surface area contributed by atoms with Crippen molar-refractivity contribution in [3.8, 4) is 0 Å². The zero-order chi connectivity index (χ0) is 17.5. The average Bonchev–Trinajstić information content (AvgIpc) is 2.99. The van der Waals surface area contributed by atoms with E-state index in [1.54, 1.807) is 0 Å². The molecule has 4 nitrogen and oxygen atoms in total. The number of carboxylic acid groups (broad SMARTS) is 1. The highest BCUT2D eigenvalue weighted by Gasteiger charge is 2.54. The third-order valence-electron chi connectivity index (χ3n) is 6.26. The van der Waals surface area contributed by atoms with Gasteiger partial charge in [0.2, 0.25) is 5.91 Å². The van der Waals surface area contributed by atoms with E-state index in [2.05, 4.69) is 0 Å². The molecule has 7 heteroatoms. The number of likely N-dealkylation sites (tertiary alicyclic amines) is 1. The number of amides is 1. The van der Waals surface area contributed by atoms with Crippen molar-refractivity contribution in [1.82, 2.24) is 4.90 Å². The molecule has 1 aliphatic heterocycles. The highest BCUT2D eigenvalue weighted by atomic mass is 19.4. The summed E-state index contributed by atoms with van der Waals surface area (Å²) >= 11 is 0. The number of carbonyl (C=O) groups excluding carboxylic acids is 1. The first-order valence-electron chi connectivity index (χ1n) is 8.87. The van der Waals surface area contributed by atoms with Gasteiger partial charge in [0.15, 0.2) is 0 Å². The number of halogens is 3. The van der Waals surface area contributed by atoms with Gasteiger partial charge in [-0.2, -0.15) is 13.2 Å². The van der Waals surface area contributed by atoms with Gasteiger partial charge >= 0.3 is 12.1 Å². The van der Waals surface area contributed by atoms with Crippen molar-refractivity contribution in [2.45, 2.75) is 51.1 Å². The number of aliphatic carboxylic acids is 1. The maximum Gasteiger partial charge on any atom is 0.394 e. The van der Waals surface area contributed by atoms with Gasteiger partial charge in [0.05, 0.1) is 11.8 Å². The largest absolute Gasteiger partial charge is 0.481 e. The standard InChI is InChI=1S/C17H24F3NO3/c18-17(19,20)14-9-21(8-13(14)16(23)24)15(22)12-7-3-5-10-4-1-2-6-11(10)12/h10-14H,1-9H2,(H,23,24)/t10?,11?,12?,13-,14-/m1/s1. The van der Waals surface area contributed by atoms with E-state index in [0.717, 1.165) is 38.5 Å². The van der Waals surface area contributed by atoms with Crippen LogP contribution in [0.15, 0.2) is 0 Å². The zero-order valence-corrected chi connectivity index (χ0v) is 13.6. The van der Waals surface area contributed by atoms with Gasteiger partial charge in [-0.1, -0.05) is 32.1 Å². The summed E-state index contributed by atoms with van der Waals surface area (Å²) < 4.78 is 39.4. The molecule has 0 aromatic heterocycles. The van der Waals surface area contributed by atoms with Crippen LogP contribution in [0.2, 0.25) is 0 Å². The Morgan fingerprint density at radius 3 is 2.21 bits per heavy atom. The number of nitrogens with zero attached hydrogens (tertiary/aromatic N) is 1. The Bertz CT molecular complexity index is 506. The van der Waals surface area contributed by atoms with Gasteiger partial charge in [0.25, 0.3) is 0 Å². The molecule has 0 aromatic rings. The van der Waals surface area contributed by atoms with Gasteiger partial charge in [-0.15, -0.1) is 0 Å². The predicted octanol–water partition coefficient (Wildman–Crippen LogP) is 3.31. The number of alkyl halides is 3. The molecule has 0 spiro atoms. The van der Waals surface area contributed by atoms with Crippen LogP contribution >= 0.6 is 0 Å². The molecule has 2 saturated carbocycles.